The Hall–Kier alpha value is -2.48. The van der Waals surface area contributed by atoms with Crippen molar-refractivity contribution < 1.29 is 14.3 Å². The van der Waals surface area contributed by atoms with Crippen LogP contribution in [-0.4, -0.2) is 53.4 Å². The molecule has 1 aliphatic rings. The molecule has 2 aromatic heterocycles. The maximum atomic E-state index is 12.8. The summed E-state index contributed by atoms with van der Waals surface area (Å²) in [5.74, 6) is 0.725. The molecule has 1 atom stereocenters. The second kappa shape index (κ2) is 8.94. The van der Waals surface area contributed by atoms with Crippen molar-refractivity contribution in [1.29, 1.82) is 0 Å². The largest absolute Gasteiger partial charge is 0.481 e. The quantitative estimate of drug-likeness (QED) is 0.820. The lowest BCUT2D eigenvalue weighted by Crippen LogP contribution is -2.39. The summed E-state index contributed by atoms with van der Waals surface area (Å²) < 4.78 is 5.05. The van der Waals surface area contributed by atoms with E-state index in [-0.39, 0.29) is 17.7 Å². The van der Waals surface area contributed by atoms with E-state index in [4.69, 9.17) is 9.72 Å². The van der Waals surface area contributed by atoms with E-state index in [9.17, 15) is 9.59 Å². The average Bonchev–Trinajstić information content (AvgIpc) is 3.16. The molecule has 0 unspecified atom stereocenters. The van der Waals surface area contributed by atoms with Gasteiger partial charge in [0.15, 0.2) is 0 Å². The van der Waals surface area contributed by atoms with Gasteiger partial charge in [0.2, 0.25) is 11.8 Å². The fourth-order valence-electron chi connectivity index (χ4n) is 3.16. The molecular formula is C19H24N4O3S. The van der Waals surface area contributed by atoms with Gasteiger partial charge in [-0.05, 0) is 18.9 Å². The number of aromatic nitrogens is 2. The third-order valence-electron chi connectivity index (χ3n) is 4.57. The number of likely N-dealkylation sites (tertiary alicyclic amines) is 1. The van der Waals surface area contributed by atoms with Crippen LogP contribution in [0.2, 0.25) is 0 Å². The Bertz CT molecular complexity index is 791. The van der Waals surface area contributed by atoms with Crippen LogP contribution < -0.4 is 10.1 Å². The molecule has 8 heteroatoms. The highest BCUT2D eigenvalue weighted by atomic mass is 32.1. The van der Waals surface area contributed by atoms with E-state index in [0.29, 0.717) is 24.5 Å². The van der Waals surface area contributed by atoms with Gasteiger partial charge in [-0.15, -0.1) is 11.3 Å². The lowest BCUT2D eigenvalue weighted by Gasteiger charge is -2.31. The van der Waals surface area contributed by atoms with Gasteiger partial charge in [-0.25, -0.2) is 9.97 Å². The Morgan fingerprint density at radius 1 is 1.41 bits per heavy atom. The molecule has 2 aromatic rings. The maximum Gasteiger partial charge on any atom is 0.255 e. The minimum atomic E-state index is -0.0279. The molecule has 3 rings (SSSR count). The average molecular weight is 388 g/mol. The normalized spacial score (nSPS) is 16.8. The van der Waals surface area contributed by atoms with Crippen molar-refractivity contribution in [2.24, 2.45) is 0 Å². The Morgan fingerprint density at radius 2 is 2.26 bits per heavy atom. The monoisotopic (exact) mass is 388 g/mol. The van der Waals surface area contributed by atoms with E-state index in [1.807, 2.05) is 10.3 Å². The predicted octanol–water partition coefficient (Wildman–Crippen LogP) is 2.25. The smallest absolute Gasteiger partial charge is 0.255 e. The third kappa shape index (κ3) is 5.03. The summed E-state index contributed by atoms with van der Waals surface area (Å²) in [4.78, 5) is 34.5. The van der Waals surface area contributed by atoms with Crippen molar-refractivity contribution in [3.63, 3.8) is 0 Å². The minimum absolute atomic E-state index is 0.00251. The van der Waals surface area contributed by atoms with Crippen LogP contribution in [0.4, 0.5) is 0 Å². The summed E-state index contributed by atoms with van der Waals surface area (Å²) in [6.07, 6.45) is 4.28. The summed E-state index contributed by atoms with van der Waals surface area (Å²) in [5.41, 5.74) is 1.57. The van der Waals surface area contributed by atoms with Gasteiger partial charge in [0.05, 0.1) is 23.4 Å². The molecule has 7 nitrogen and oxygen atoms in total. The van der Waals surface area contributed by atoms with Gasteiger partial charge in [0.25, 0.3) is 5.91 Å². The zero-order chi connectivity index (χ0) is 19.2. The van der Waals surface area contributed by atoms with Crippen molar-refractivity contribution in [1.82, 2.24) is 20.2 Å². The summed E-state index contributed by atoms with van der Waals surface area (Å²) in [5, 5.41) is 5.90. The molecule has 27 heavy (non-hydrogen) atoms. The first-order valence-electron chi connectivity index (χ1n) is 9.05. The van der Waals surface area contributed by atoms with Gasteiger partial charge < -0.3 is 15.0 Å². The number of rotatable bonds is 6. The second-order valence-electron chi connectivity index (χ2n) is 6.59. The fourth-order valence-corrected chi connectivity index (χ4v) is 4.15. The van der Waals surface area contributed by atoms with Gasteiger partial charge in [0, 0.05) is 56.5 Å². The molecule has 2 amide bonds. The first kappa shape index (κ1) is 19.3. The van der Waals surface area contributed by atoms with E-state index in [1.165, 1.54) is 6.92 Å². The van der Waals surface area contributed by atoms with Gasteiger partial charge in [0.1, 0.15) is 0 Å². The van der Waals surface area contributed by atoms with E-state index < -0.39 is 0 Å². The summed E-state index contributed by atoms with van der Waals surface area (Å²) in [6, 6.07) is 3.46. The molecule has 1 N–H and O–H groups in total. The zero-order valence-electron chi connectivity index (χ0n) is 15.6. The SMILES string of the molecule is COc1ccc(C(=O)N2CCC[C@@H](c3nc(CCNC(C)=O)cs3)C2)cn1. The first-order valence-corrected chi connectivity index (χ1v) is 9.93. The molecule has 3 heterocycles. The van der Waals surface area contributed by atoms with Crippen molar-refractivity contribution in [2.75, 3.05) is 26.7 Å². The fraction of sp³-hybridized carbons (Fsp3) is 0.474. The third-order valence-corrected chi connectivity index (χ3v) is 5.63. The van der Waals surface area contributed by atoms with E-state index in [2.05, 4.69) is 10.3 Å². The summed E-state index contributed by atoms with van der Waals surface area (Å²) in [7, 11) is 1.55. The van der Waals surface area contributed by atoms with Crippen LogP contribution in [0.5, 0.6) is 5.88 Å². The van der Waals surface area contributed by atoms with Gasteiger partial charge in [-0.3, -0.25) is 9.59 Å². The number of amides is 2. The number of nitrogens with one attached hydrogen (secondary N) is 1. The Balaban J connectivity index is 1.61. The Kier molecular flexibility index (Phi) is 6.39. The van der Waals surface area contributed by atoms with Crippen molar-refractivity contribution >= 4 is 23.2 Å². The van der Waals surface area contributed by atoms with Crippen LogP contribution in [-0.2, 0) is 11.2 Å². The first-order chi connectivity index (χ1) is 13.1. The van der Waals surface area contributed by atoms with Crippen LogP contribution in [0.3, 0.4) is 0 Å². The highest BCUT2D eigenvalue weighted by molar-refractivity contribution is 7.09. The van der Waals surface area contributed by atoms with Crippen molar-refractivity contribution in [3.05, 3.63) is 40.0 Å². The Labute approximate surface area is 162 Å². The number of thiazole rings is 1. The molecule has 0 aliphatic carbocycles. The molecule has 0 saturated carbocycles. The number of ether oxygens (including phenoxy) is 1. The van der Waals surface area contributed by atoms with Crippen molar-refractivity contribution in [3.8, 4) is 5.88 Å². The predicted molar refractivity (Wildman–Crippen MR) is 103 cm³/mol. The highest BCUT2D eigenvalue weighted by Crippen LogP contribution is 2.30. The number of hydrogen-bond acceptors (Lipinski definition) is 6. The molecule has 0 bridgehead atoms. The van der Waals surface area contributed by atoms with Crippen LogP contribution in [0, 0.1) is 0 Å². The number of methoxy groups -OCH3 is 1. The Morgan fingerprint density at radius 3 is 2.96 bits per heavy atom. The standard InChI is InChI=1S/C19H24N4O3S/c1-13(24)20-8-7-16-12-27-18(22-16)15-4-3-9-23(11-15)19(25)14-5-6-17(26-2)21-10-14/h5-6,10,12,15H,3-4,7-9,11H2,1-2H3,(H,20,24)/t15-/m1/s1. The second-order valence-corrected chi connectivity index (χ2v) is 7.48. The van der Waals surface area contributed by atoms with Gasteiger partial charge in [-0.2, -0.15) is 0 Å². The van der Waals surface area contributed by atoms with Crippen LogP contribution in [0.1, 0.15) is 46.7 Å². The van der Waals surface area contributed by atoms with Crippen LogP contribution in [0.25, 0.3) is 0 Å². The lowest BCUT2D eigenvalue weighted by molar-refractivity contribution is -0.118. The van der Waals surface area contributed by atoms with Crippen LogP contribution >= 0.6 is 11.3 Å². The lowest BCUT2D eigenvalue weighted by atomic mass is 9.98. The van der Waals surface area contributed by atoms with Crippen LogP contribution in [0.15, 0.2) is 23.7 Å². The highest BCUT2D eigenvalue weighted by Gasteiger charge is 2.27. The number of nitrogens with zero attached hydrogens (tertiary/aromatic N) is 3. The topological polar surface area (TPSA) is 84.4 Å². The van der Waals surface area contributed by atoms with Crippen molar-refractivity contribution in [2.45, 2.75) is 32.1 Å². The van der Waals surface area contributed by atoms with E-state index in [1.54, 1.807) is 36.8 Å². The number of piperidine rings is 1. The molecular weight excluding hydrogens is 364 g/mol. The maximum absolute atomic E-state index is 12.8. The number of carbonyl (C=O) groups excluding carboxylic acids is 2. The van der Waals surface area contributed by atoms with E-state index in [0.717, 1.165) is 36.5 Å². The zero-order valence-corrected chi connectivity index (χ0v) is 16.4. The molecule has 1 aliphatic heterocycles. The van der Waals surface area contributed by atoms with Gasteiger partial charge in [-0.1, -0.05) is 0 Å². The van der Waals surface area contributed by atoms with E-state index >= 15 is 0 Å². The number of hydrogen-bond donors (Lipinski definition) is 1. The minimum Gasteiger partial charge on any atom is -0.481 e. The van der Waals surface area contributed by atoms with Gasteiger partial charge >= 0.3 is 0 Å². The molecule has 1 fully saturated rings. The number of carbonyl (C=O) groups is 2. The molecule has 1 saturated heterocycles. The number of pyridine rings is 1. The molecule has 0 aromatic carbocycles. The molecule has 0 spiro atoms. The summed E-state index contributed by atoms with van der Waals surface area (Å²) >= 11 is 1.64. The molecule has 0 radical (unpaired) electrons. The molecule has 144 valence electrons. The summed E-state index contributed by atoms with van der Waals surface area (Å²) in [6.45, 7) is 3.53.